The molecule has 30 heavy (non-hydrogen) atoms. The minimum Gasteiger partial charge on any atom is -0.346 e. The Morgan fingerprint density at radius 3 is 2.63 bits per heavy atom. The van der Waals surface area contributed by atoms with Crippen LogP contribution in [-0.2, 0) is 0 Å². The lowest BCUT2D eigenvalue weighted by Gasteiger charge is -2.21. The van der Waals surface area contributed by atoms with E-state index in [4.69, 9.17) is 0 Å². The van der Waals surface area contributed by atoms with Gasteiger partial charge < -0.3 is 4.98 Å². The van der Waals surface area contributed by atoms with Crippen molar-refractivity contribution in [2.75, 3.05) is 0 Å². The Kier molecular flexibility index (Phi) is 3.99. The third kappa shape index (κ3) is 2.44. The highest BCUT2D eigenvalue weighted by molar-refractivity contribution is 7.19. The van der Waals surface area contributed by atoms with Crippen molar-refractivity contribution < 1.29 is 0 Å². The van der Waals surface area contributed by atoms with Gasteiger partial charge in [0.25, 0.3) is 0 Å². The summed E-state index contributed by atoms with van der Waals surface area (Å²) in [6.45, 7) is 11.4. The fourth-order valence-corrected chi connectivity index (χ4v) is 7.85. The maximum atomic E-state index is 4.44. The fourth-order valence-electron chi connectivity index (χ4n) is 6.41. The van der Waals surface area contributed by atoms with Crippen LogP contribution in [0.15, 0.2) is 12.5 Å². The first-order valence-electron chi connectivity index (χ1n) is 11.4. The van der Waals surface area contributed by atoms with Gasteiger partial charge in [-0.1, -0.05) is 20.3 Å². The molecule has 0 radical (unpaired) electrons. The second-order valence-corrected chi connectivity index (χ2v) is 11.0. The number of fused-ring (bicyclic) bond motifs is 4. The van der Waals surface area contributed by atoms with Crippen molar-refractivity contribution in [2.45, 2.75) is 72.1 Å². The van der Waals surface area contributed by atoms with E-state index in [1.807, 2.05) is 15.9 Å². The van der Waals surface area contributed by atoms with Gasteiger partial charge in [-0.2, -0.15) is 5.10 Å². The summed E-state index contributed by atoms with van der Waals surface area (Å²) >= 11 is 2.03. The standard InChI is InChI=1S/C25H30N4S/c1-12(2)20-21-15(5)23(18-9-16-6-7-17(18)8-16)30-25(21)28-22(20)19-10-29-24(26-11-27-29)14(4)13(19)3/h10-12,16-18,28H,6-9H2,1-5H3/t16?,17-,18+/m1/s1. The number of nitrogens with one attached hydrogen (secondary N) is 1. The lowest BCUT2D eigenvalue weighted by molar-refractivity contribution is 0.424. The predicted molar refractivity (Wildman–Crippen MR) is 125 cm³/mol. The van der Waals surface area contributed by atoms with Crippen LogP contribution in [0.2, 0.25) is 0 Å². The van der Waals surface area contributed by atoms with E-state index in [1.54, 1.807) is 11.2 Å². The number of thiophene rings is 1. The average molecular weight is 419 g/mol. The normalized spacial score (nSPS) is 23.6. The number of H-pyrrole nitrogens is 1. The Labute approximate surface area is 181 Å². The van der Waals surface area contributed by atoms with E-state index >= 15 is 0 Å². The molecule has 156 valence electrons. The van der Waals surface area contributed by atoms with Crippen molar-refractivity contribution in [3.05, 3.63) is 39.7 Å². The largest absolute Gasteiger partial charge is 0.346 e. The van der Waals surface area contributed by atoms with Gasteiger partial charge in [-0.3, -0.25) is 0 Å². The molecule has 4 nitrogen and oxygen atoms in total. The summed E-state index contributed by atoms with van der Waals surface area (Å²) in [6, 6.07) is 0. The first-order valence-corrected chi connectivity index (χ1v) is 12.2. The maximum absolute atomic E-state index is 4.44. The highest BCUT2D eigenvalue weighted by Crippen LogP contribution is 2.56. The highest BCUT2D eigenvalue weighted by atomic mass is 32.1. The number of nitrogens with zero attached hydrogens (tertiary/aromatic N) is 3. The van der Waals surface area contributed by atoms with Gasteiger partial charge in [0.2, 0.25) is 0 Å². The molecule has 2 bridgehead atoms. The fraction of sp³-hybridized carbons (Fsp3) is 0.520. The number of aromatic nitrogens is 4. The van der Waals surface area contributed by atoms with Crippen molar-refractivity contribution in [1.82, 2.24) is 19.6 Å². The molecular formula is C25H30N4S. The number of aromatic amines is 1. The van der Waals surface area contributed by atoms with E-state index < -0.39 is 0 Å². The summed E-state index contributed by atoms with van der Waals surface area (Å²) in [4.78, 5) is 11.3. The molecule has 1 unspecified atom stereocenters. The topological polar surface area (TPSA) is 46.0 Å². The third-order valence-corrected chi connectivity index (χ3v) is 9.35. The molecule has 0 aromatic carbocycles. The molecule has 0 aliphatic heterocycles. The van der Waals surface area contributed by atoms with Crippen LogP contribution in [0, 0.1) is 32.6 Å². The first kappa shape index (κ1) is 18.6. The predicted octanol–water partition coefficient (Wildman–Crippen LogP) is 6.89. The number of rotatable bonds is 3. The molecule has 1 N–H and O–H groups in total. The summed E-state index contributed by atoms with van der Waals surface area (Å²) in [5.41, 5.74) is 8.97. The van der Waals surface area contributed by atoms with E-state index in [2.05, 4.69) is 55.9 Å². The van der Waals surface area contributed by atoms with Crippen LogP contribution in [0.3, 0.4) is 0 Å². The summed E-state index contributed by atoms with van der Waals surface area (Å²) in [7, 11) is 0. The number of hydrogen-bond acceptors (Lipinski definition) is 3. The van der Waals surface area contributed by atoms with Crippen LogP contribution in [0.4, 0.5) is 0 Å². The van der Waals surface area contributed by atoms with Gasteiger partial charge >= 0.3 is 0 Å². The van der Waals surface area contributed by atoms with Gasteiger partial charge in [-0.15, -0.1) is 11.3 Å². The van der Waals surface area contributed by atoms with Crippen molar-refractivity contribution in [3.63, 3.8) is 0 Å². The van der Waals surface area contributed by atoms with E-state index in [0.717, 1.165) is 23.4 Å². The smallest absolute Gasteiger partial charge is 0.158 e. The number of hydrogen-bond donors (Lipinski definition) is 1. The van der Waals surface area contributed by atoms with Gasteiger partial charge in [0.05, 0.1) is 5.69 Å². The van der Waals surface area contributed by atoms with Gasteiger partial charge in [-0.05, 0) is 86.0 Å². The molecule has 0 saturated heterocycles. The van der Waals surface area contributed by atoms with Crippen molar-refractivity contribution in [2.24, 2.45) is 11.8 Å². The molecule has 3 atom stereocenters. The first-order chi connectivity index (χ1) is 14.4. The third-order valence-electron chi connectivity index (χ3n) is 8.01. The molecule has 4 heterocycles. The quantitative estimate of drug-likeness (QED) is 0.394. The van der Waals surface area contributed by atoms with Gasteiger partial charge in [0, 0.05) is 22.0 Å². The molecule has 0 spiro atoms. The van der Waals surface area contributed by atoms with Gasteiger partial charge in [-0.25, -0.2) is 9.50 Å². The summed E-state index contributed by atoms with van der Waals surface area (Å²) in [5, 5.41) is 5.91. The molecule has 2 aliphatic carbocycles. The van der Waals surface area contributed by atoms with Crippen LogP contribution in [-0.4, -0.2) is 19.6 Å². The van der Waals surface area contributed by atoms with Crippen molar-refractivity contribution >= 4 is 27.2 Å². The molecule has 0 amide bonds. The minimum atomic E-state index is 0.459. The lowest BCUT2D eigenvalue weighted by atomic mass is 9.85. The Balaban J connectivity index is 1.56. The van der Waals surface area contributed by atoms with E-state index in [1.165, 1.54) is 69.4 Å². The second-order valence-electron chi connectivity index (χ2n) is 9.97. The van der Waals surface area contributed by atoms with Crippen LogP contribution in [0.25, 0.3) is 27.1 Å². The molecular weight excluding hydrogens is 388 g/mol. The van der Waals surface area contributed by atoms with Crippen molar-refractivity contribution in [1.29, 1.82) is 0 Å². The number of pyridine rings is 1. The van der Waals surface area contributed by atoms with Crippen LogP contribution in [0.5, 0.6) is 0 Å². The maximum Gasteiger partial charge on any atom is 0.158 e. The van der Waals surface area contributed by atoms with Gasteiger partial charge in [0.15, 0.2) is 5.65 Å². The SMILES string of the molecule is Cc1c(-c2[nH]c3sc([C@H]4CC5CC[C@@H]4C5)c(C)c3c2C(C)C)cn2ncnc2c1C. The Hall–Kier alpha value is -2.14. The summed E-state index contributed by atoms with van der Waals surface area (Å²) in [5.74, 6) is 3.17. The monoisotopic (exact) mass is 418 g/mol. The average Bonchev–Trinajstić information content (AvgIpc) is 3.50. The van der Waals surface area contributed by atoms with Crippen LogP contribution < -0.4 is 0 Å². The second kappa shape index (κ2) is 6.43. The Morgan fingerprint density at radius 2 is 1.93 bits per heavy atom. The zero-order valence-electron chi connectivity index (χ0n) is 18.5. The van der Waals surface area contributed by atoms with Crippen LogP contribution in [0.1, 0.15) is 78.5 Å². The molecule has 4 aromatic rings. The summed E-state index contributed by atoms with van der Waals surface area (Å²) in [6.07, 6.45) is 9.59. The van der Waals surface area contributed by atoms with Crippen molar-refractivity contribution in [3.8, 4) is 11.3 Å². The molecule has 2 fully saturated rings. The lowest BCUT2D eigenvalue weighted by Crippen LogP contribution is -2.08. The number of aryl methyl sites for hydroxylation is 2. The molecule has 4 aromatic heterocycles. The molecule has 6 rings (SSSR count). The van der Waals surface area contributed by atoms with Gasteiger partial charge in [0.1, 0.15) is 11.2 Å². The van der Waals surface area contributed by atoms with Crippen LogP contribution >= 0.6 is 11.3 Å². The van der Waals surface area contributed by atoms with E-state index in [9.17, 15) is 0 Å². The Bertz CT molecular complexity index is 1290. The van der Waals surface area contributed by atoms with E-state index in [0.29, 0.717) is 5.92 Å². The minimum absolute atomic E-state index is 0.459. The Morgan fingerprint density at radius 1 is 1.10 bits per heavy atom. The molecule has 2 aliphatic rings. The molecule has 2 saturated carbocycles. The summed E-state index contributed by atoms with van der Waals surface area (Å²) < 4.78 is 1.92. The zero-order chi connectivity index (χ0) is 20.7. The highest BCUT2D eigenvalue weighted by Gasteiger charge is 2.42. The molecule has 5 heteroatoms. The van der Waals surface area contributed by atoms with E-state index in [-0.39, 0.29) is 0 Å². The zero-order valence-corrected chi connectivity index (χ0v) is 19.4.